The number of carbonyl (C=O) groups excluding carboxylic acids is 1. The number of carbonyl (C=O) groups is 1. The minimum atomic E-state index is -0.466. The maximum absolute atomic E-state index is 12.2. The molecule has 1 aliphatic carbocycles. The summed E-state index contributed by atoms with van der Waals surface area (Å²) in [5.74, 6) is 1.16. The average molecular weight is 395 g/mol. The van der Waals surface area contributed by atoms with E-state index >= 15 is 0 Å². The van der Waals surface area contributed by atoms with E-state index in [0.29, 0.717) is 28.9 Å². The SMILES string of the molecule is COc1cc2nc[nH]c(=O)c2cc1OC1CCC2(CC1)NCCNC2=O.Cl. The average Bonchev–Trinajstić information content (AvgIpc) is 2.66. The molecule has 3 N–H and O–H groups in total. The Hall–Kier alpha value is -2.32. The number of nitrogens with one attached hydrogen (secondary N) is 3. The molecule has 1 spiro atoms. The molecule has 2 aromatic rings. The van der Waals surface area contributed by atoms with Crippen molar-refractivity contribution in [1.29, 1.82) is 0 Å². The van der Waals surface area contributed by atoms with Crippen LogP contribution < -0.4 is 25.7 Å². The van der Waals surface area contributed by atoms with Gasteiger partial charge in [-0.1, -0.05) is 0 Å². The van der Waals surface area contributed by atoms with Crippen LogP contribution in [0.3, 0.4) is 0 Å². The fourth-order valence-electron chi connectivity index (χ4n) is 3.84. The van der Waals surface area contributed by atoms with Gasteiger partial charge in [-0.05, 0) is 31.7 Å². The third-order valence-corrected chi connectivity index (χ3v) is 5.31. The molecule has 1 amide bonds. The lowest BCUT2D eigenvalue weighted by Crippen LogP contribution is -2.64. The lowest BCUT2D eigenvalue weighted by atomic mass is 9.78. The summed E-state index contributed by atoms with van der Waals surface area (Å²) in [5.41, 5.74) is -0.121. The number of amides is 1. The first-order valence-electron chi connectivity index (χ1n) is 8.87. The molecule has 0 unspecified atom stereocenters. The van der Waals surface area contributed by atoms with Gasteiger partial charge in [0, 0.05) is 19.2 Å². The number of aromatic nitrogens is 2. The molecule has 1 saturated carbocycles. The van der Waals surface area contributed by atoms with Crippen molar-refractivity contribution in [2.45, 2.75) is 37.3 Å². The molecule has 4 rings (SSSR count). The van der Waals surface area contributed by atoms with Crippen LogP contribution in [-0.2, 0) is 4.79 Å². The fourth-order valence-corrected chi connectivity index (χ4v) is 3.84. The summed E-state index contributed by atoms with van der Waals surface area (Å²) < 4.78 is 11.6. The molecule has 0 atom stereocenters. The molecular formula is C18H23ClN4O4. The highest BCUT2D eigenvalue weighted by molar-refractivity contribution is 5.87. The number of hydrogen-bond donors (Lipinski definition) is 3. The van der Waals surface area contributed by atoms with Crippen LogP contribution in [0.2, 0.25) is 0 Å². The Labute approximate surface area is 162 Å². The number of nitrogens with zero attached hydrogens (tertiary/aromatic N) is 1. The van der Waals surface area contributed by atoms with Gasteiger partial charge in [-0.3, -0.25) is 9.59 Å². The second-order valence-corrected chi connectivity index (χ2v) is 6.83. The van der Waals surface area contributed by atoms with Crippen molar-refractivity contribution in [2.24, 2.45) is 0 Å². The highest BCUT2D eigenvalue weighted by Crippen LogP contribution is 2.36. The maximum Gasteiger partial charge on any atom is 0.258 e. The molecule has 0 radical (unpaired) electrons. The van der Waals surface area contributed by atoms with E-state index in [1.165, 1.54) is 6.33 Å². The number of hydrogen-bond acceptors (Lipinski definition) is 6. The Morgan fingerprint density at radius 1 is 1.15 bits per heavy atom. The summed E-state index contributed by atoms with van der Waals surface area (Å²) in [5, 5.41) is 6.78. The topological polar surface area (TPSA) is 105 Å². The van der Waals surface area contributed by atoms with Gasteiger partial charge in [-0.2, -0.15) is 0 Å². The first kappa shape index (κ1) is 19.4. The van der Waals surface area contributed by atoms with Crippen molar-refractivity contribution in [1.82, 2.24) is 20.6 Å². The number of fused-ring (bicyclic) bond motifs is 1. The molecule has 146 valence electrons. The maximum atomic E-state index is 12.2. The van der Waals surface area contributed by atoms with E-state index < -0.39 is 5.54 Å². The lowest BCUT2D eigenvalue weighted by Gasteiger charge is -2.42. The van der Waals surface area contributed by atoms with Crippen LogP contribution in [-0.4, -0.2) is 47.7 Å². The van der Waals surface area contributed by atoms with Gasteiger partial charge in [0.25, 0.3) is 5.56 Å². The lowest BCUT2D eigenvalue weighted by molar-refractivity contribution is -0.131. The van der Waals surface area contributed by atoms with Crippen LogP contribution in [0.1, 0.15) is 25.7 Å². The molecule has 1 saturated heterocycles. The van der Waals surface area contributed by atoms with Gasteiger partial charge in [-0.15, -0.1) is 12.4 Å². The number of ether oxygens (including phenoxy) is 2. The molecule has 27 heavy (non-hydrogen) atoms. The summed E-state index contributed by atoms with van der Waals surface area (Å²) >= 11 is 0. The monoisotopic (exact) mass is 394 g/mol. The third-order valence-electron chi connectivity index (χ3n) is 5.31. The molecule has 1 aromatic heterocycles. The summed E-state index contributed by atoms with van der Waals surface area (Å²) in [7, 11) is 1.56. The van der Waals surface area contributed by atoms with Gasteiger partial charge in [-0.25, -0.2) is 4.98 Å². The van der Waals surface area contributed by atoms with Gasteiger partial charge in [0.2, 0.25) is 5.91 Å². The Balaban J connectivity index is 0.00000210. The molecule has 0 bridgehead atoms. The first-order chi connectivity index (χ1) is 12.6. The summed E-state index contributed by atoms with van der Waals surface area (Å²) in [6.45, 7) is 1.48. The van der Waals surface area contributed by atoms with Crippen molar-refractivity contribution in [2.75, 3.05) is 20.2 Å². The molecular weight excluding hydrogens is 372 g/mol. The summed E-state index contributed by atoms with van der Waals surface area (Å²) in [4.78, 5) is 31.0. The van der Waals surface area contributed by atoms with Crippen molar-refractivity contribution >= 4 is 29.2 Å². The van der Waals surface area contributed by atoms with Crippen LogP contribution in [0.4, 0.5) is 0 Å². The zero-order valence-corrected chi connectivity index (χ0v) is 15.9. The number of aromatic amines is 1. The number of methoxy groups -OCH3 is 1. The van der Waals surface area contributed by atoms with E-state index in [9.17, 15) is 9.59 Å². The fraction of sp³-hybridized carbons (Fsp3) is 0.500. The van der Waals surface area contributed by atoms with E-state index in [2.05, 4.69) is 20.6 Å². The second kappa shape index (κ2) is 7.74. The number of halogens is 1. The van der Waals surface area contributed by atoms with Gasteiger partial charge in [0.15, 0.2) is 11.5 Å². The number of piperazine rings is 1. The van der Waals surface area contributed by atoms with Gasteiger partial charge in [0.1, 0.15) is 0 Å². The highest BCUT2D eigenvalue weighted by atomic mass is 35.5. The van der Waals surface area contributed by atoms with Crippen molar-refractivity contribution in [3.05, 3.63) is 28.8 Å². The Morgan fingerprint density at radius 2 is 1.93 bits per heavy atom. The molecule has 9 heteroatoms. The predicted octanol–water partition coefficient (Wildman–Crippen LogP) is 1.13. The minimum absolute atomic E-state index is 0. The van der Waals surface area contributed by atoms with E-state index in [1.807, 2.05) is 0 Å². The summed E-state index contributed by atoms with van der Waals surface area (Å²) in [6, 6.07) is 3.39. The van der Waals surface area contributed by atoms with E-state index in [1.54, 1.807) is 19.2 Å². The smallest absolute Gasteiger partial charge is 0.258 e. The quantitative estimate of drug-likeness (QED) is 0.720. The van der Waals surface area contributed by atoms with E-state index in [-0.39, 0.29) is 30.0 Å². The van der Waals surface area contributed by atoms with Crippen molar-refractivity contribution in [3.63, 3.8) is 0 Å². The largest absolute Gasteiger partial charge is 0.493 e. The molecule has 2 aliphatic rings. The Kier molecular flexibility index (Phi) is 5.57. The third kappa shape index (κ3) is 3.59. The van der Waals surface area contributed by atoms with Crippen molar-refractivity contribution in [3.8, 4) is 11.5 Å². The Morgan fingerprint density at radius 3 is 2.63 bits per heavy atom. The molecule has 1 aromatic carbocycles. The number of benzene rings is 1. The number of H-pyrrole nitrogens is 1. The van der Waals surface area contributed by atoms with Crippen molar-refractivity contribution < 1.29 is 14.3 Å². The highest BCUT2D eigenvalue weighted by Gasteiger charge is 2.43. The van der Waals surface area contributed by atoms with Gasteiger partial charge < -0.3 is 25.1 Å². The molecule has 2 heterocycles. The molecule has 1 aliphatic heterocycles. The normalized spacial score (nSPS) is 24.9. The molecule has 2 fully saturated rings. The predicted molar refractivity (Wildman–Crippen MR) is 103 cm³/mol. The van der Waals surface area contributed by atoms with Gasteiger partial charge in [0.05, 0.1) is 36.0 Å². The van der Waals surface area contributed by atoms with E-state index in [0.717, 1.165) is 32.2 Å². The Bertz CT molecular complexity index is 893. The molecule has 8 nitrogen and oxygen atoms in total. The van der Waals surface area contributed by atoms with Crippen LogP contribution in [0.5, 0.6) is 11.5 Å². The zero-order valence-electron chi connectivity index (χ0n) is 15.0. The van der Waals surface area contributed by atoms with Crippen LogP contribution in [0.15, 0.2) is 23.3 Å². The number of rotatable bonds is 3. The summed E-state index contributed by atoms with van der Waals surface area (Å²) in [6.07, 6.45) is 4.30. The second-order valence-electron chi connectivity index (χ2n) is 6.83. The van der Waals surface area contributed by atoms with E-state index in [4.69, 9.17) is 9.47 Å². The first-order valence-corrected chi connectivity index (χ1v) is 8.87. The standard InChI is InChI=1S/C18H22N4O4.ClH/c1-25-14-9-13-12(16(23)21-10-20-13)8-15(14)26-11-2-4-18(5-3-11)17(24)19-6-7-22-18;/h8-11,22H,2-7H2,1H3,(H,19,24)(H,20,21,23);1H. The zero-order chi connectivity index (χ0) is 18.1. The van der Waals surface area contributed by atoms with Gasteiger partial charge >= 0.3 is 0 Å². The van der Waals surface area contributed by atoms with Crippen LogP contribution in [0, 0.1) is 0 Å². The minimum Gasteiger partial charge on any atom is -0.493 e. The van der Waals surface area contributed by atoms with Crippen LogP contribution in [0.25, 0.3) is 10.9 Å². The van der Waals surface area contributed by atoms with Crippen LogP contribution >= 0.6 is 12.4 Å².